The van der Waals surface area contributed by atoms with E-state index in [-0.39, 0.29) is 31.4 Å². The van der Waals surface area contributed by atoms with Gasteiger partial charge in [0.1, 0.15) is 12.6 Å². The normalized spacial score (nSPS) is 13.7. The van der Waals surface area contributed by atoms with Crippen molar-refractivity contribution in [2.75, 3.05) is 6.61 Å². The summed E-state index contributed by atoms with van der Waals surface area (Å²) in [4.78, 5) is 36.7. The van der Waals surface area contributed by atoms with Gasteiger partial charge in [0.2, 0.25) is 5.91 Å². The summed E-state index contributed by atoms with van der Waals surface area (Å²) >= 11 is 0. The summed E-state index contributed by atoms with van der Waals surface area (Å²) in [7, 11) is 0. The molecule has 180 valence electrons. The average molecular weight is 473 g/mol. The number of hydrogen-bond donors (Lipinski definition) is 3. The Bertz CT molecular complexity index is 1170. The molecule has 1 unspecified atom stereocenters. The molecule has 0 fully saturated rings. The molecule has 2 amide bonds. The first kappa shape index (κ1) is 24.0. The maximum atomic E-state index is 13.0. The molecule has 2 atom stereocenters. The Balaban J connectivity index is 1.44. The Morgan fingerprint density at radius 1 is 0.857 bits per heavy atom. The topological polar surface area (TPSA) is 105 Å². The Kier molecular flexibility index (Phi) is 7.45. The van der Waals surface area contributed by atoms with Gasteiger partial charge < -0.3 is 20.5 Å². The number of ether oxygens (including phenoxy) is 1. The molecule has 3 aromatic rings. The van der Waals surface area contributed by atoms with E-state index in [0.29, 0.717) is 5.56 Å². The Hall–Kier alpha value is -4.13. The van der Waals surface area contributed by atoms with Gasteiger partial charge in [-0.25, -0.2) is 4.79 Å². The zero-order valence-corrected chi connectivity index (χ0v) is 19.4. The van der Waals surface area contributed by atoms with E-state index < -0.39 is 24.0 Å². The summed E-state index contributed by atoms with van der Waals surface area (Å²) in [6.45, 7) is 1.87. The summed E-state index contributed by atoms with van der Waals surface area (Å²) in [5.74, 6) is -1.45. The first-order chi connectivity index (χ1) is 16.9. The van der Waals surface area contributed by atoms with Crippen molar-refractivity contribution in [2.45, 2.75) is 37.8 Å². The van der Waals surface area contributed by atoms with Crippen molar-refractivity contribution in [2.24, 2.45) is 0 Å². The van der Waals surface area contributed by atoms with E-state index in [9.17, 15) is 14.4 Å². The molecule has 0 radical (unpaired) electrons. The van der Waals surface area contributed by atoms with Gasteiger partial charge in [-0.15, -0.1) is 0 Å². The van der Waals surface area contributed by atoms with Gasteiger partial charge in [0.05, 0.1) is 0 Å². The predicted octanol–water partition coefficient (Wildman–Crippen LogP) is 4.64. The highest BCUT2D eigenvalue weighted by atomic mass is 16.5. The molecule has 3 aromatic carbocycles. The summed E-state index contributed by atoms with van der Waals surface area (Å²) < 4.78 is 5.62. The number of alkyl carbamates (subject to hydrolysis) is 1. The van der Waals surface area contributed by atoms with Gasteiger partial charge in [-0.1, -0.05) is 78.9 Å². The summed E-state index contributed by atoms with van der Waals surface area (Å²) in [6.07, 6.45) is -0.473. The fraction of sp³-hybridized carbons (Fsp3) is 0.250. The monoisotopic (exact) mass is 472 g/mol. The number of carboxylic acid groups (broad SMARTS) is 1. The molecule has 0 spiro atoms. The van der Waals surface area contributed by atoms with E-state index in [2.05, 4.69) is 22.8 Å². The number of benzene rings is 3. The lowest BCUT2D eigenvalue weighted by atomic mass is 9.98. The maximum absolute atomic E-state index is 13.0. The van der Waals surface area contributed by atoms with Crippen LogP contribution in [-0.2, 0) is 14.3 Å². The van der Waals surface area contributed by atoms with Crippen molar-refractivity contribution in [3.05, 3.63) is 95.6 Å². The largest absolute Gasteiger partial charge is 0.481 e. The average Bonchev–Trinajstić information content (AvgIpc) is 3.19. The Morgan fingerprint density at radius 2 is 1.43 bits per heavy atom. The first-order valence-corrected chi connectivity index (χ1v) is 11.6. The highest BCUT2D eigenvalue weighted by Gasteiger charge is 2.30. The fourth-order valence-electron chi connectivity index (χ4n) is 4.44. The molecular weight excluding hydrogens is 444 g/mol. The highest BCUT2D eigenvalue weighted by molar-refractivity contribution is 5.87. The molecule has 7 nitrogen and oxygen atoms in total. The number of aliphatic carboxylic acids is 1. The first-order valence-electron chi connectivity index (χ1n) is 11.6. The van der Waals surface area contributed by atoms with E-state index in [0.717, 1.165) is 22.3 Å². The van der Waals surface area contributed by atoms with Crippen LogP contribution in [-0.4, -0.2) is 35.7 Å². The molecule has 0 heterocycles. The van der Waals surface area contributed by atoms with Crippen LogP contribution >= 0.6 is 0 Å². The van der Waals surface area contributed by atoms with Crippen LogP contribution in [0.4, 0.5) is 4.79 Å². The van der Waals surface area contributed by atoms with Crippen molar-refractivity contribution < 1.29 is 24.2 Å². The molecule has 0 saturated heterocycles. The molecule has 4 rings (SSSR count). The molecule has 1 aliphatic rings. The summed E-state index contributed by atoms with van der Waals surface area (Å²) in [5, 5.41) is 14.4. The van der Waals surface area contributed by atoms with Crippen LogP contribution in [0.15, 0.2) is 78.9 Å². The van der Waals surface area contributed by atoms with Crippen LogP contribution in [0.2, 0.25) is 0 Å². The van der Waals surface area contributed by atoms with Crippen molar-refractivity contribution in [1.82, 2.24) is 10.6 Å². The van der Waals surface area contributed by atoms with E-state index in [1.54, 1.807) is 31.2 Å². The third kappa shape index (κ3) is 5.69. The quantitative estimate of drug-likeness (QED) is 0.421. The molecule has 0 bridgehead atoms. The van der Waals surface area contributed by atoms with Crippen molar-refractivity contribution in [3.63, 3.8) is 0 Å². The number of carboxylic acids is 1. The van der Waals surface area contributed by atoms with Gasteiger partial charge >= 0.3 is 12.1 Å². The third-order valence-corrected chi connectivity index (χ3v) is 6.18. The zero-order valence-electron chi connectivity index (χ0n) is 19.4. The zero-order chi connectivity index (χ0) is 24.8. The van der Waals surface area contributed by atoms with Gasteiger partial charge in [-0.2, -0.15) is 0 Å². The lowest BCUT2D eigenvalue weighted by Gasteiger charge is -2.22. The number of carbonyl (C=O) groups excluding carboxylic acids is 2. The second-order valence-corrected chi connectivity index (χ2v) is 8.66. The molecule has 35 heavy (non-hydrogen) atoms. The fourth-order valence-corrected chi connectivity index (χ4v) is 4.44. The number of nitrogens with one attached hydrogen (secondary N) is 2. The van der Waals surface area contributed by atoms with E-state index in [1.165, 1.54) is 0 Å². The molecule has 3 N–H and O–H groups in total. The molecule has 1 aliphatic carbocycles. The minimum Gasteiger partial charge on any atom is -0.481 e. The van der Waals surface area contributed by atoms with Gasteiger partial charge in [0, 0.05) is 18.4 Å². The summed E-state index contributed by atoms with van der Waals surface area (Å²) in [5.41, 5.74) is 5.07. The second-order valence-electron chi connectivity index (χ2n) is 8.66. The molecule has 0 saturated carbocycles. The van der Waals surface area contributed by atoms with E-state index in [1.807, 2.05) is 42.5 Å². The van der Waals surface area contributed by atoms with Crippen LogP contribution in [0, 0.1) is 0 Å². The number of carbonyl (C=O) groups is 3. The number of amides is 2. The van der Waals surface area contributed by atoms with Crippen molar-refractivity contribution in [1.29, 1.82) is 0 Å². The minimum absolute atomic E-state index is 0.0583. The summed E-state index contributed by atoms with van der Waals surface area (Å²) in [6, 6.07) is 23.7. The molecule has 7 heteroatoms. The highest BCUT2D eigenvalue weighted by Crippen LogP contribution is 2.44. The van der Waals surface area contributed by atoms with E-state index >= 15 is 0 Å². The Morgan fingerprint density at radius 3 is 2.03 bits per heavy atom. The van der Waals surface area contributed by atoms with Gasteiger partial charge in [0.15, 0.2) is 0 Å². The number of rotatable bonds is 9. The standard InChI is InChI=1S/C28H28N2O5/c1-18(15-16-25(31)32)29-27(33)26(19-9-3-2-4-10-19)30-28(34)35-17-24-22-13-7-5-11-20(22)21-12-6-8-14-23(21)24/h2-14,18,24,26H,15-17H2,1H3,(H,29,33)(H,30,34)(H,31,32)/t18?,26-/m0/s1. The van der Waals surface area contributed by atoms with Crippen molar-refractivity contribution >= 4 is 18.0 Å². The van der Waals surface area contributed by atoms with Crippen LogP contribution < -0.4 is 10.6 Å². The smallest absolute Gasteiger partial charge is 0.408 e. The number of fused-ring (bicyclic) bond motifs is 3. The molecular formula is C28H28N2O5. The van der Waals surface area contributed by atoms with Crippen LogP contribution in [0.5, 0.6) is 0 Å². The second kappa shape index (κ2) is 10.9. The Labute approximate surface area is 204 Å². The van der Waals surface area contributed by atoms with Crippen LogP contribution in [0.1, 0.15) is 48.4 Å². The molecule has 0 aromatic heterocycles. The van der Waals surface area contributed by atoms with Gasteiger partial charge in [0.25, 0.3) is 0 Å². The van der Waals surface area contributed by atoms with E-state index in [4.69, 9.17) is 9.84 Å². The predicted molar refractivity (Wildman–Crippen MR) is 132 cm³/mol. The SMILES string of the molecule is CC(CCC(=O)O)NC(=O)[C@@H](NC(=O)OCC1c2ccccc2-c2ccccc21)c1ccccc1. The molecule has 0 aliphatic heterocycles. The maximum Gasteiger partial charge on any atom is 0.408 e. The van der Waals surface area contributed by atoms with Gasteiger partial charge in [-0.05, 0) is 41.2 Å². The van der Waals surface area contributed by atoms with Crippen LogP contribution in [0.3, 0.4) is 0 Å². The minimum atomic E-state index is -0.973. The van der Waals surface area contributed by atoms with Crippen LogP contribution in [0.25, 0.3) is 11.1 Å². The van der Waals surface area contributed by atoms with Gasteiger partial charge in [-0.3, -0.25) is 9.59 Å². The lowest BCUT2D eigenvalue weighted by Crippen LogP contribution is -2.44. The number of hydrogen-bond acceptors (Lipinski definition) is 4. The lowest BCUT2D eigenvalue weighted by molar-refractivity contribution is -0.137. The third-order valence-electron chi connectivity index (χ3n) is 6.18. The van der Waals surface area contributed by atoms with Crippen molar-refractivity contribution in [3.8, 4) is 11.1 Å².